The van der Waals surface area contributed by atoms with Crippen molar-refractivity contribution in [2.45, 2.75) is 121 Å². The van der Waals surface area contributed by atoms with E-state index in [2.05, 4.69) is 48.5 Å². The number of amides is 6. The van der Waals surface area contributed by atoms with Crippen molar-refractivity contribution in [1.82, 2.24) is 0 Å². The van der Waals surface area contributed by atoms with Crippen LogP contribution in [0.3, 0.4) is 0 Å². The fourth-order valence-electron chi connectivity index (χ4n) is 10.2. The van der Waals surface area contributed by atoms with E-state index in [1.54, 1.807) is 69.5 Å². The maximum absolute atomic E-state index is 12.0. The van der Waals surface area contributed by atoms with Crippen LogP contribution in [-0.2, 0) is 107 Å². The van der Waals surface area contributed by atoms with Crippen LogP contribution in [0.1, 0.15) is 122 Å². The summed E-state index contributed by atoms with van der Waals surface area (Å²) in [6.45, 7) is 16.4. The lowest BCUT2D eigenvalue weighted by atomic mass is 9.93. The van der Waals surface area contributed by atoms with Gasteiger partial charge in [-0.2, -0.15) is 9.98 Å². The number of aliphatic hydroxyl groups is 4. The van der Waals surface area contributed by atoms with Gasteiger partial charge in [-0.3, -0.25) is 44.7 Å². The molecule has 6 amide bonds. The number of ether oxygens (including phenoxy) is 8. The van der Waals surface area contributed by atoms with E-state index in [1.165, 1.54) is 74.8 Å². The molecule has 1 aliphatic heterocycles. The molecule has 1 fully saturated rings. The molecule has 0 aromatic heterocycles. The average Bonchev–Trinajstić information content (AvgIpc) is 1.02. The number of rotatable bonds is 36. The number of aliphatic hydroxyl groups excluding tert-OH is 4. The van der Waals surface area contributed by atoms with Crippen molar-refractivity contribution >= 4 is 118 Å². The minimum Gasteiger partial charge on any atom is -0.481 e. The third-order valence-electron chi connectivity index (χ3n) is 17.6. The predicted molar refractivity (Wildman–Crippen MR) is 496 cm³/mol. The monoisotopic (exact) mass is 1820 g/mol. The van der Waals surface area contributed by atoms with Gasteiger partial charge in [-0.15, -0.1) is 0 Å². The number of benzene rings is 8. The second kappa shape index (κ2) is 61.5. The predicted octanol–water partition coefficient (Wildman–Crippen LogP) is 14.3. The SMILES string of the molecule is C.C.C=C(C)C(=O)OCC1CO1.CC(CO)(CO)C(=O)O.CC(O)CO.COCC(C)(COC(=O)Nc1ccc(Cc2ccc(NC(C)=O)cc2)cc1)C(=O)O.COCC(C)(COC(=O)Nc1ccc(Cc2ccc(NC(C)=O)cc2)cc1)C(=O)O.COCC(C)OC(=O)Nc1ccc(Cc2ccc(NC(C)=O)cc2)cc1.O=C=Nc1ccc(Cc2ccc(N=C=O)cc2)cc1. The van der Waals surface area contributed by atoms with Crippen molar-refractivity contribution < 1.29 is 131 Å². The van der Waals surface area contributed by atoms with Crippen LogP contribution in [0.15, 0.2) is 216 Å². The van der Waals surface area contributed by atoms with Gasteiger partial charge in [-0.1, -0.05) is 118 Å². The average molecular weight is 1820 g/mol. The van der Waals surface area contributed by atoms with E-state index in [0.29, 0.717) is 66.7 Å². The van der Waals surface area contributed by atoms with Crippen LogP contribution in [0, 0.1) is 16.2 Å². The highest BCUT2D eigenvalue weighted by molar-refractivity contribution is 5.91. The molecule has 8 aromatic rings. The molecule has 8 aromatic carbocycles. The summed E-state index contributed by atoms with van der Waals surface area (Å²) in [7, 11) is 4.34. The van der Waals surface area contributed by atoms with E-state index >= 15 is 0 Å². The summed E-state index contributed by atoms with van der Waals surface area (Å²) in [5, 5.41) is 75.7. The lowest BCUT2D eigenvalue weighted by Crippen LogP contribution is -2.38. The fourth-order valence-corrected chi connectivity index (χ4v) is 10.2. The molecule has 1 saturated heterocycles. The largest absolute Gasteiger partial charge is 0.481 e. The zero-order chi connectivity index (χ0) is 96.1. The maximum Gasteiger partial charge on any atom is 0.411 e. The summed E-state index contributed by atoms with van der Waals surface area (Å²) >= 11 is 0. The molecule has 131 heavy (non-hydrogen) atoms. The molecule has 0 radical (unpaired) electrons. The first-order valence-corrected chi connectivity index (χ1v) is 39.9. The first-order chi connectivity index (χ1) is 61.2. The van der Waals surface area contributed by atoms with Gasteiger partial charge in [-0.25, -0.2) is 28.8 Å². The first-order valence-electron chi connectivity index (χ1n) is 39.9. The number of hydrogen-bond donors (Lipinski definition) is 13. The van der Waals surface area contributed by atoms with Crippen molar-refractivity contribution in [2.75, 3.05) is 119 Å². The normalized spacial score (nSPS) is 12.4. The summed E-state index contributed by atoms with van der Waals surface area (Å²) in [6.07, 6.45) is 3.22. The van der Waals surface area contributed by atoms with Gasteiger partial charge in [0.1, 0.15) is 48.3 Å². The van der Waals surface area contributed by atoms with Gasteiger partial charge in [0.15, 0.2) is 0 Å². The van der Waals surface area contributed by atoms with E-state index in [9.17, 15) is 67.7 Å². The number of epoxide rings is 1. The molecular formula is C96H122N8O27. The summed E-state index contributed by atoms with van der Waals surface area (Å²) in [4.78, 5) is 140. The van der Waals surface area contributed by atoms with Gasteiger partial charge >= 0.3 is 42.2 Å². The number of carbonyl (C=O) groups is 10. The zero-order valence-corrected chi connectivity index (χ0v) is 74.0. The number of methoxy groups -OCH3 is 3. The molecule has 9 rings (SSSR count). The Morgan fingerprint density at radius 1 is 0.420 bits per heavy atom. The number of nitrogens with zero attached hydrogens (tertiary/aromatic N) is 2. The van der Waals surface area contributed by atoms with Gasteiger partial charge in [0.2, 0.25) is 29.9 Å². The number of esters is 1. The minimum atomic E-state index is -1.39. The Labute approximate surface area is 762 Å². The Morgan fingerprint density at radius 3 is 0.870 bits per heavy atom. The van der Waals surface area contributed by atoms with Gasteiger partial charge in [0.05, 0.1) is 63.7 Å². The quantitative estimate of drug-likeness (QED) is 0.00433. The van der Waals surface area contributed by atoms with Crippen LogP contribution < -0.4 is 31.9 Å². The number of carboxylic acids is 3. The third-order valence-corrected chi connectivity index (χ3v) is 17.6. The van der Waals surface area contributed by atoms with E-state index in [0.717, 1.165) is 74.4 Å². The van der Waals surface area contributed by atoms with Crippen molar-refractivity contribution in [3.8, 4) is 0 Å². The van der Waals surface area contributed by atoms with Crippen LogP contribution >= 0.6 is 0 Å². The molecule has 5 unspecified atom stereocenters. The van der Waals surface area contributed by atoms with E-state index in [1.807, 2.05) is 146 Å². The Kier molecular flexibility index (Phi) is 54.0. The Hall–Kier alpha value is -14.0. The topological polar surface area (TPSA) is 520 Å². The van der Waals surface area contributed by atoms with Crippen molar-refractivity contribution in [1.29, 1.82) is 0 Å². The fraction of sp³-hybridized carbons (Fsp3) is 0.354. The maximum atomic E-state index is 12.0. The van der Waals surface area contributed by atoms with Crippen molar-refractivity contribution in [3.05, 3.63) is 251 Å². The van der Waals surface area contributed by atoms with Crippen LogP contribution in [0.5, 0.6) is 0 Å². The highest BCUT2D eigenvalue weighted by Gasteiger charge is 2.37. The molecule has 5 atom stereocenters. The van der Waals surface area contributed by atoms with Gasteiger partial charge in [0, 0.05) is 81.8 Å². The summed E-state index contributed by atoms with van der Waals surface area (Å²) in [5.41, 5.74) is 10.3. The van der Waals surface area contributed by atoms with Crippen molar-refractivity contribution in [3.63, 3.8) is 0 Å². The summed E-state index contributed by atoms with van der Waals surface area (Å²) < 4.78 is 39.6. The number of isocyanates is 2. The molecule has 13 N–H and O–H groups in total. The Bertz CT molecular complexity index is 4740. The second-order valence-corrected chi connectivity index (χ2v) is 30.0. The number of nitrogens with one attached hydrogen (secondary N) is 6. The smallest absolute Gasteiger partial charge is 0.411 e. The highest BCUT2D eigenvalue weighted by Crippen LogP contribution is 2.25. The van der Waals surface area contributed by atoms with Crippen molar-refractivity contribution in [2.24, 2.45) is 26.2 Å². The molecule has 0 bridgehead atoms. The third kappa shape index (κ3) is 48.1. The number of hydrogen-bond acceptors (Lipinski definition) is 26. The van der Waals surface area contributed by atoms with E-state index in [4.69, 9.17) is 63.4 Å². The van der Waals surface area contributed by atoms with Gasteiger partial charge in [0.25, 0.3) is 0 Å². The molecule has 35 nitrogen and oxygen atoms in total. The van der Waals surface area contributed by atoms with Gasteiger partial charge in [-0.05, 0) is 209 Å². The molecule has 0 saturated carbocycles. The molecule has 1 aliphatic rings. The van der Waals surface area contributed by atoms with Gasteiger partial charge < -0.3 is 89.6 Å². The summed E-state index contributed by atoms with van der Waals surface area (Å²) in [6, 6.07) is 59.6. The number of carbonyl (C=O) groups excluding carboxylic acids is 9. The second-order valence-electron chi connectivity index (χ2n) is 30.0. The lowest BCUT2D eigenvalue weighted by molar-refractivity contribution is -0.154. The van der Waals surface area contributed by atoms with Crippen LogP contribution in [0.2, 0.25) is 0 Å². The van der Waals surface area contributed by atoms with Crippen LogP contribution in [0.4, 0.5) is 59.9 Å². The van der Waals surface area contributed by atoms with E-state index in [-0.39, 0.29) is 83.8 Å². The number of anilines is 6. The number of carboxylic acid groups (broad SMARTS) is 3. The molecule has 1 heterocycles. The molecule has 0 spiro atoms. The lowest BCUT2D eigenvalue weighted by Gasteiger charge is -2.23. The Morgan fingerprint density at radius 2 is 0.672 bits per heavy atom. The molecule has 35 heteroatoms. The standard InChI is InChI=1S/2C22H26N2O6.C20H24N2O4.C15H10N2O2.C7H10O3.C5H10O4.C3H8O2.2CH4/c2*1-15(25)23-18-8-4-16(5-9-18)12-17-6-10-19(11-7-17)24-21(28)30-14-22(2,13-29-3)20(26)27;1-14(13-25-3)26-20(24)22-19-10-6-17(7-11-19)12-16-4-8-18(9-5-16)21-15(2)23;18-10-16-14-5-1-12(2-6-14)9-13-3-7-15(8-4-13)17-11-19;1-5(2)7(8)10-4-6-3-9-6;1-5(2-6,3-7)4(8)9;1-3(5)2-4;;/h2*4-11H,12-14H2,1-3H3,(H,23,25)(H,24,28)(H,26,27);4-11,14H,12-13H2,1-3H3,(H,21,23)(H,22,24);1-8H,9H2;6H,1,3-4H2,2H3;6-7H,2-3H2,1H3,(H,8,9);3-5H,2H2,1H3;2*1H4. The number of aliphatic carboxylic acids is 3. The van der Waals surface area contributed by atoms with E-state index < -0.39 is 71.8 Å². The highest BCUT2D eigenvalue weighted by atomic mass is 16.6. The molecular weight excluding hydrogens is 1700 g/mol. The zero-order valence-electron chi connectivity index (χ0n) is 74.0. The number of aliphatic imine (C=N–C) groups is 2. The Balaban J connectivity index is 0.000000805. The first kappa shape index (κ1) is 115. The molecule has 708 valence electrons. The van der Waals surface area contributed by atoms with Crippen LogP contribution in [0.25, 0.3) is 0 Å². The van der Waals surface area contributed by atoms with Crippen LogP contribution in [-0.4, -0.2) is 213 Å². The molecule has 0 aliphatic carbocycles. The minimum absolute atomic E-state index is 0. The summed E-state index contributed by atoms with van der Waals surface area (Å²) in [5.74, 6) is -4.05.